The van der Waals surface area contributed by atoms with Crippen molar-refractivity contribution >= 4 is 0 Å². The number of aliphatic hydroxyl groups excluding tert-OH is 1. The van der Waals surface area contributed by atoms with E-state index < -0.39 is 0 Å². The summed E-state index contributed by atoms with van der Waals surface area (Å²) < 4.78 is 0. The lowest BCUT2D eigenvalue weighted by molar-refractivity contribution is 0.153. The zero-order valence-corrected chi connectivity index (χ0v) is 8.59. The first kappa shape index (κ1) is 9.69. The lowest BCUT2D eigenvalue weighted by atomic mass is 9.78. The minimum atomic E-state index is -0.0889. The van der Waals surface area contributed by atoms with Gasteiger partial charge in [-0.05, 0) is 37.4 Å². The van der Waals surface area contributed by atoms with Gasteiger partial charge in [0.1, 0.15) is 0 Å². The normalized spacial score (nSPS) is 25.9. The van der Waals surface area contributed by atoms with Gasteiger partial charge in [-0.1, -0.05) is 24.3 Å². The molecule has 2 heteroatoms. The van der Waals surface area contributed by atoms with E-state index in [1.54, 1.807) is 0 Å². The van der Waals surface area contributed by atoms with Crippen molar-refractivity contribution in [2.24, 2.45) is 0 Å². The Hall–Kier alpha value is -0.860. The molecule has 0 spiro atoms. The number of benzene rings is 1. The van der Waals surface area contributed by atoms with Crippen LogP contribution >= 0.6 is 0 Å². The van der Waals surface area contributed by atoms with Crippen LogP contribution in [0.2, 0.25) is 0 Å². The van der Waals surface area contributed by atoms with Gasteiger partial charge in [-0.2, -0.15) is 0 Å². The molecule has 2 nitrogen and oxygen atoms in total. The maximum atomic E-state index is 9.40. The van der Waals surface area contributed by atoms with Gasteiger partial charge in [0.25, 0.3) is 0 Å². The molecule has 76 valence electrons. The second kappa shape index (κ2) is 3.71. The van der Waals surface area contributed by atoms with Crippen LogP contribution in [0.15, 0.2) is 24.3 Å². The quantitative estimate of drug-likeness (QED) is 0.734. The van der Waals surface area contributed by atoms with Crippen LogP contribution < -0.4 is 5.32 Å². The first-order valence-corrected chi connectivity index (χ1v) is 5.16. The Morgan fingerprint density at radius 1 is 1.36 bits per heavy atom. The highest BCUT2D eigenvalue weighted by molar-refractivity contribution is 5.32. The van der Waals surface area contributed by atoms with Crippen LogP contribution in [0.4, 0.5) is 0 Å². The number of aryl methyl sites for hydroxylation is 1. The molecule has 1 aliphatic carbocycles. The zero-order chi connectivity index (χ0) is 10.0. The van der Waals surface area contributed by atoms with E-state index in [1.165, 1.54) is 11.1 Å². The molecule has 0 amide bonds. The molecule has 1 unspecified atom stereocenters. The largest absolute Gasteiger partial charge is 0.394 e. The standard InChI is InChI=1S/C12H17NO/c1-13-12(9-14)7-6-10-4-2-3-5-11(10)8-12/h2-5,13-14H,6-9H2,1H3. The molecule has 1 atom stereocenters. The summed E-state index contributed by atoms with van der Waals surface area (Å²) in [4.78, 5) is 0. The summed E-state index contributed by atoms with van der Waals surface area (Å²) in [6.45, 7) is 0.220. The van der Waals surface area contributed by atoms with Gasteiger partial charge < -0.3 is 10.4 Å². The van der Waals surface area contributed by atoms with Crippen molar-refractivity contribution in [3.63, 3.8) is 0 Å². The third kappa shape index (κ3) is 1.56. The minimum absolute atomic E-state index is 0.0889. The van der Waals surface area contributed by atoms with Gasteiger partial charge >= 0.3 is 0 Å². The molecule has 0 aliphatic heterocycles. The monoisotopic (exact) mass is 191 g/mol. The number of aliphatic hydroxyl groups is 1. The van der Waals surface area contributed by atoms with E-state index in [9.17, 15) is 5.11 Å². The van der Waals surface area contributed by atoms with Crippen LogP contribution in [-0.4, -0.2) is 24.3 Å². The number of rotatable bonds is 2. The van der Waals surface area contributed by atoms with E-state index in [2.05, 4.69) is 29.6 Å². The SMILES string of the molecule is CNC1(CO)CCc2ccccc2C1. The maximum Gasteiger partial charge on any atom is 0.0616 e. The Morgan fingerprint density at radius 3 is 2.71 bits per heavy atom. The molecule has 2 rings (SSSR count). The topological polar surface area (TPSA) is 32.3 Å². The molecule has 0 saturated heterocycles. The van der Waals surface area contributed by atoms with Crippen molar-refractivity contribution in [3.05, 3.63) is 35.4 Å². The maximum absolute atomic E-state index is 9.40. The molecular formula is C12H17NO. The molecule has 0 radical (unpaired) electrons. The molecule has 0 aromatic heterocycles. The first-order chi connectivity index (χ1) is 6.79. The summed E-state index contributed by atoms with van der Waals surface area (Å²) in [5.41, 5.74) is 2.72. The number of nitrogens with one attached hydrogen (secondary N) is 1. The molecule has 14 heavy (non-hydrogen) atoms. The fourth-order valence-electron chi connectivity index (χ4n) is 2.23. The fourth-order valence-corrected chi connectivity index (χ4v) is 2.23. The summed E-state index contributed by atoms with van der Waals surface area (Å²) in [6.07, 6.45) is 3.03. The van der Waals surface area contributed by atoms with Crippen molar-refractivity contribution in [3.8, 4) is 0 Å². The molecule has 0 saturated carbocycles. The van der Waals surface area contributed by atoms with Crippen LogP contribution in [0.3, 0.4) is 0 Å². The van der Waals surface area contributed by atoms with Crippen LogP contribution in [0.1, 0.15) is 17.5 Å². The second-order valence-corrected chi connectivity index (χ2v) is 4.13. The van der Waals surface area contributed by atoms with Gasteiger partial charge in [0.2, 0.25) is 0 Å². The van der Waals surface area contributed by atoms with E-state index in [4.69, 9.17) is 0 Å². The van der Waals surface area contributed by atoms with E-state index in [-0.39, 0.29) is 12.1 Å². The van der Waals surface area contributed by atoms with Crippen LogP contribution in [-0.2, 0) is 12.8 Å². The molecule has 0 fully saturated rings. The number of hydrogen-bond acceptors (Lipinski definition) is 2. The molecule has 1 aromatic rings. The Kier molecular flexibility index (Phi) is 2.57. The summed E-state index contributed by atoms with van der Waals surface area (Å²) in [5.74, 6) is 0. The van der Waals surface area contributed by atoms with E-state index in [1.807, 2.05) is 7.05 Å². The molecular weight excluding hydrogens is 174 g/mol. The van der Waals surface area contributed by atoms with E-state index >= 15 is 0 Å². The average molecular weight is 191 g/mol. The highest BCUT2D eigenvalue weighted by Gasteiger charge is 2.31. The first-order valence-electron chi connectivity index (χ1n) is 5.16. The minimum Gasteiger partial charge on any atom is -0.394 e. The third-order valence-corrected chi connectivity index (χ3v) is 3.35. The second-order valence-electron chi connectivity index (χ2n) is 4.13. The van der Waals surface area contributed by atoms with Gasteiger partial charge in [-0.3, -0.25) is 0 Å². The molecule has 2 N–H and O–H groups in total. The predicted octanol–water partition coefficient (Wildman–Crippen LogP) is 1.13. The van der Waals surface area contributed by atoms with Gasteiger partial charge in [0.05, 0.1) is 6.61 Å². The van der Waals surface area contributed by atoms with Crippen molar-refractivity contribution in [2.75, 3.05) is 13.7 Å². The predicted molar refractivity (Wildman–Crippen MR) is 57.3 cm³/mol. The Labute approximate surface area is 85.0 Å². The molecule has 0 heterocycles. The van der Waals surface area contributed by atoms with E-state index in [0.717, 1.165) is 19.3 Å². The number of hydrogen-bond donors (Lipinski definition) is 2. The Morgan fingerprint density at radius 2 is 2.07 bits per heavy atom. The van der Waals surface area contributed by atoms with Gasteiger partial charge in [-0.25, -0.2) is 0 Å². The summed E-state index contributed by atoms with van der Waals surface area (Å²) in [6, 6.07) is 8.51. The summed E-state index contributed by atoms with van der Waals surface area (Å²) in [5, 5.41) is 12.7. The van der Waals surface area contributed by atoms with Gasteiger partial charge in [-0.15, -0.1) is 0 Å². The summed E-state index contributed by atoms with van der Waals surface area (Å²) in [7, 11) is 1.93. The van der Waals surface area contributed by atoms with Crippen molar-refractivity contribution in [1.29, 1.82) is 0 Å². The Balaban J connectivity index is 2.28. The van der Waals surface area contributed by atoms with Crippen LogP contribution in [0.5, 0.6) is 0 Å². The van der Waals surface area contributed by atoms with Crippen molar-refractivity contribution < 1.29 is 5.11 Å². The third-order valence-electron chi connectivity index (χ3n) is 3.35. The number of fused-ring (bicyclic) bond motifs is 1. The number of likely N-dealkylation sites (N-methyl/N-ethyl adjacent to an activating group) is 1. The molecule has 1 aliphatic rings. The van der Waals surface area contributed by atoms with Gasteiger partial charge in [0.15, 0.2) is 0 Å². The van der Waals surface area contributed by atoms with Crippen molar-refractivity contribution in [2.45, 2.75) is 24.8 Å². The lowest BCUT2D eigenvalue weighted by Crippen LogP contribution is -2.50. The molecule has 1 aromatic carbocycles. The highest BCUT2D eigenvalue weighted by Crippen LogP contribution is 2.27. The van der Waals surface area contributed by atoms with Crippen molar-refractivity contribution in [1.82, 2.24) is 5.32 Å². The fraction of sp³-hybridized carbons (Fsp3) is 0.500. The van der Waals surface area contributed by atoms with Gasteiger partial charge in [0, 0.05) is 5.54 Å². The summed E-state index contributed by atoms with van der Waals surface area (Å²) >= 11 is 0. The Bertz CT molecular complexity index is 318. The van der Waals surface area contributed by atoms with Crippen LogP contribution in [0, 0.1) is 0 Å². The van der Waals surface area contributed by atoms with Crippen LogP contribution in [0.25, 0.3) is 0 Å². The zero-order valence-electron chi connectivity index (χ0n) is 8.59. The lowest BCUT2D eigenvalue weighted by Gasteiger charge is -2.36. The average Bonchev–Trinajstić information content (AvgIpc) is 2.28. The smallest absolute Gasteiger partial charge is 0.0616 e. The highest BCUT2D eigenvalue weighted by atomic mass is 16.3. The van der Waals surface area contributed by atoms with E-state index in [0.29, 0.717) is 0 Å². The molecule has 0 bridgehead atoms.